The van der Waals surface area contributed by atoms with Gasteiger partial charge in [-0.1, -0.05) is 83.1 Å². The highest BCUT2D eigenvalue weighted by atomic mass is 14.6. The molecule has 0 N–H and O–H groups in total. The average Bonchev–Trinajstić information content (AvgIpc) is 3.55. The third-order valence-electron chi connectivity index (χ3n) is 13.7. The minimum atomic E-state index is 1.00. The molecular weight excluding hydrogens is 432 g/mol. The van der Waals surface area contributed by atoms with E-state index in [4.69, 9.17) is 0 Å². The van der Waals surface area contributed by atoms with E-state index in [0.29, 0.717) is 0 Å². The third kappa shape index (κ3) is 5.25. The third-order valence-corrected chi connectivity index (χ3v) is 13.7. The molecule has 6 aliphatic rings. The molecule has 12 atom stereocenters. The van der Waals surface area contributed by atoms with Crippen molar-refractivity contribution in [2.24, 2.45) is 107 Å². The van der Waals surface area contributed by atoms with Gasteiger partial charge in [-0.05, 0) is 145 Å². The maximum absolute atomic E-state index is 2.47. The Labute approximate surface area is 227 Å². The van der Waals surface area contributed by atoms with Gasteiger partial charge < -0.3 is 0 Å². The number of hydrogen-bond acceptors (Lipinski definition) is 0. The summed E-state index contributed by atoms with van der Waals surface area (Å²) in [7, 11) is 0. The van der Waals surface area contributed by atoms with Crippen molar-refractivity contribution in [3.63, 3.8) is 0 Å². The summed E-state index contributed by atoms with van der Waals surface area (Å²) in [6, 6.07) is 0. The average molecular weight is 499 g/mol. The molecule has 0 saturated heterocycles. The van der Waals surface area contributed by atoms with Crippen LogP contribution >= 0.6 is 0 Å². The van der Waals surface area contributed by atoms with Crippen LogP contribution < -0.4 is 0 Å². The molecule has 0 radical (unpaired) electrons. The molecule has 0 nitrogen and oxygen atoms in total. The zero-order valence-electron chi connectivity index (χ0n) is 26.6. The smallest absolute Gasteiger partial charge is 0.0329 e. The highest BCUT2D eigenvalue weighted by Gasteiger charge is 2.50. The van der Waals surface area contributed by atoms with E-state index in [9.17, 15) is 0 Å². The summed E-state index contributed by atoms with van der Waals surface area (Å²) in [5, 5.41) is 0. The zero-order valence-corrected chi connectivity index (χ0v) is 26.6. The second-order valence-electron chi connectivity index (χ2n) is 16.6. The second kappa shape index (κ2) is 11.2. The van der Waals surface area contributed by atoms with Gasteiger partial charge in [0.15, 0.2) is 0 Å². The SMILES string of the molecule is CC1CC(C)C2C(C)CC(C)C12.CC1CC(C)C2C(C)CC(C)C12.CC1CC(C)C2C(C)CC(C)C12. The predicted molar refractivity (Wildman–Crippen MR) is 159 cm³/mol. The van der Waals surface area contributed by atoms with E-state index < -0.39 is 0 Å². The summed E-state index contributed by atoms with van der Waals surface area (Å²) < 4.78 is 0. The largest absolute Gasteiger partial charge is 0.0622 e. The minimum absolute atomic E-state index is 1.00. The van der Waals surface area contributed by atoms with Gasteiger partial charge in [-0.3, -0.25) is 0 Å². The van der Waals surface area contributed by atoms with Gasteiger partial charge in [0.05, 0.1) is 0 Å². The summed E-state index contributed by atoms with van der Waals surface area (Å²) in [6.07, 6.45) is 8.94. The summed E-state index contributed by atoms with van der Waals surface area (Å²) in [5.41, 5.74) is 0. The summed E-state index contributed by atoms with van der Waals surface area (Å²) in [4.78, 5) is 0. The number of fused-ring (bicyclic) bond motifs is 3. The molecule has 6 aliphatic carbocycles. The zero-order chi connectivity index (χ0) is 26.6. The van der Waals surface area contributed by atoms with Crippen LogP contribution in [0.3, 0.4) is 0 Å². The van der Waals surface area contributed by atoms with Crippen LogP contribution in [0.1, 0.15) is 122 Å². The van der Waals surface area contributed by atoms with Gasteiger partial charge in [-0.15, -0.1) is 0 Å². The number of hydrogen-bond donors (Lipinski definition) is 0. The second-order valence-corrected chi connectivity index (χ2v) is 16.6. The lowest BCUT2D eigenvalue weighted by molar-refractivity contribution is 0.269. The highest BCUT2D eigenvalue weighted by Crippen LogP contribution is 2.57. The van der Waals surface area contributed by atoms with Gasteiger partial charge in [0.2, 0.25) is 0 Å². The van der Waals surface area contributed by atoms with Crippen LogP contribution in [0.5, 0.6) is 0 Å². The van der Waals surface area contributed by atoms with E-state index >= 15 is 0 Å². The van der Waals surface area contributed by atoms with Gasteiger partial charge in [0, 0.05) is 0 Å². The molecule has 6 fully saturated rings. The lowest BCUT2D eigenvalue weighted by Gasteiger charge is -2.21. The Bertz CT molecular complexity index is 506. The van der Waals surface area contributed by atoms with Crippen molar-refractivity contribution in [1.29, 1.82) is 0 Å². The Balaban J connectivity index is 0.000000127. The topological polar surface area (TPSA) is 0 Å². The predicted octanol–water partition coefficient (Wildman–Crippen LogP) is 10.7. The lowest BCUT2D eigenvalue weighted by Crippen LogP contribution is -2.16. The Hall–Kier alpha value is 0. The Morgan fingerprint density at radius 3 is 0.361 bits per heavy atom. The molecule has 0 amide bonds. The maximum Gasteiger partial charge on any atom is -0.0329 e. The summed E-state index contributed by atoms with van der Waals surface area (Å²) in [6.45, 7) is 29.6. The van der Waals surface area contributed by atoms with Gasteiger partial charge in [-0.25, -0.2) is 0 Å². The van der Waals surface area contributed by atoms with Crippen molar-refractivity contribution in [3.05, 3.63) is 0 Å². The quantitative estimate of drug-likeness (QED) is 0.311. The van der Waals surface area contributed by atoms with Crippen LogP contribution in [0.4, 0.5) is 0 Å². The minimum Gasteiger partial charge on any atom is -0.0622 e. The van der Waals surface area contributed by atoms with E-state index in [1.165, 1.54) is 38.5 Å². The van der Waals surface area contributed by atoms with Crippen molar-refractivity contribution in [1.82, 2.24) is 0 Å². The Kier molecular flexibility index (Phi) is 9.05. The first kappa shape index (κ1) is 29.0. The van der Waals surface area contributed by atoms with Crippen LogP contribution in [0.15, 0.2) is 0 Å². The van der Waals surface area contributed by atoms with Crippen molar-refractivity contribution >= 4 is 0 Å². The van der Waals surface area contributed by atoms with E-state index in [1.807, 2.05) is 0 Å². The molecule has 12 unspecified atom stereocenters. The van der Waals surface area contributed by atoms with E-state index in [1.54, 1.807) is 0 Å². The Morgan fingerprint density at radius 1 is 0.194 bits per heavy atom. The van der Waals surface area contributed by atoms with Gasteiger partial charge in [0.25, 0.3) is 0 Å². The molecule has 6 rings (SSSR count). The van der Waals surface area contributed by atoms with Gasteiger partial charge >= 0.3 is 0 Å². The fourth-order valence-electron chi connectivity index (χ4n) is 13.3. The van der Waals surface area contributed by atoms with E-state index in [-0.39, 0.29) is 0 Å². The normalized spacial score (nSPS) is 59.0. The summed E-state index contributed by atoms with van der Waals surface area (Å²) in [5.74, 6) is 18.4. The highest BCUT2D eigenvalue weighted by molar-refractivity contribution is 4.99. The standard InChI is InChI=1S/3C12H22/c3*1-7-5-8(2)12-10(4)6-9(3)11(7)12/h3*7-12H,5-6H2,1-4H3. The molecule has 0 spiro atoms. The number of rotatable bonds is 0. The molecule has 0 aromatic carbocycles. The van der Waals surface area contributed by atoms with Crippen LogP contribution in [0.25, 0.3) is 0 Å². The summed E-state index contributed by atoms with van der Waals surface area (Å²) >= 11 is 0. The fourth-order valence-corrected chi connectivity index (χ4v) is 13.3. The monoisotopic (exact) mass is 499 g/mol. The molecule has 0 aliphatic heterocycles. The first-order chi connectivity index (χ1) is 16.8. The van der Waals surface area contributed by atoms with Crippen molar-refractivity contribution in [3.8, 4) is 0 Å². The van der Waals surface area contributed by atoms with Crippen LogP contribution in [-0.2, 0) is 0 Å². The van der Waals surface area contributed by atoms with Crippen molar-refractivity contribution < 1.29 is 0 Å². The lowest BCUT2D eigenvalue weighted by atomic mass is 9.84. The van der Waals surface area contributed by atoms with Gasteiger partial charge in [-0.2, -0.15) is 0 Å². The molecular formula is C36H66. The molecule has 0 heteroatoms. The molecule has 0 aromatic rings. The van der Waals surface area contributed by atoms with E-state index in [2.05, 4.69) is 83.1 Å². The van der Waals surface area contributed by atoms with Crippen molar-refractivity contribution in [2.45, 2.75) is 122 Å². The van der Waals surface area contributed by atoms with Gasteiger partial charge in [0.1, 0.15) is 0 Å². The molecule has 210 valence electrons. The Morgan fingerprint density at radius 2 is 0.278 bits per heavy atom. The van der Waals surface area contributed by atoms with Crippen molar-refractivity contribution in [2.75, 3.05) is 0 Å². The van der Waals surface area contributed by atoms with Crippen LogP contribution in [0, 0.1) is 107 Å². The first-order valence-corrected chi connectivity index (χ1v) is 16.8. The maximum atomic E-state index is 2.47. The van der Waals surface area contributed by atoms with E-state index in [0.717, 1.165) is 107 Å². The molecule has 0 bridgehead atoms. The molecule has 36 heavy (non-hydrogen) atoms. The molecule has 0 aromatic heterocycles. The molecule has 0 heterocycles. The first-order valence-electron chi connectivity index (χ1n) is 16.8. The fraction of sp³-hybridized carbons (Fsp3) is 1.00. The van der Waals surface area contributed by atoms with Crippen LogP contribution in [-0.4, -0.2) is 0 Å². The molecule has 6 saturated carbocycles. The van der Waals surface area contributed by atoms with Crippen LogP contribution in [0.2, 0.25) is 0 Å².